The first kappa shape index (κ1) is 17.4. The minimum atomic E-state index is 0.0949. The van der Waals surface area contributed by atoms with Crippen molar-refractivity contribution in [2.75, 3.05) is 14.2 Å². The van der Waals surface area contributed by atoms with Crippen molar-refractivity contribution in [2.45, 2.75) is 38.6 Å². The van der Waals surface area contributed by atoms with Crippen LogP contribution in [0.3, 0.4) is 0 Å². The molecule has 0 saturated carbocycles. The molecule has 1 atom stereocenters. The van der Waals surface area contributed by atoms with Crippen LogP contribution < -0.4 is 15.2 Å². The highest BCUT2D eigenvalue weighted by atomic mass is 16.5. The molecule has 3 heteroatoms. The van der Waals surface area contributed by atoms with E-state index >= 15 is 0 Å². The Labute approximate surface area is 139 Å². The van der Waals surface area contributed by atoms with Crippen molar-refractivity contribution in [2.24, 2.45) is 5.73 Å². The second-order valence-corrected chi connectivity index (χ2v) is 5.97. The van der Waals surface area contributed by atoms with Crippen LogP contribution in [0, 0.1) is 0 Å². The zero-order chi connectivity index (χ0) is 16.7. The molecule has 2 N–H and O–H groups in total. The Kier molecular flexibility index (Phi) is 6.48. The van der Waals surface area contributed by atoms with Gasteiger partial charge in [0.15, 0.2) is 11.5 Å². The standard InChI is InChI=1S/C20H27NO2/c1-15(21)14-18-13-12-17(19(22-2)20(18)23-3)11-7-10-16-8-5-4-6-9-16/h4-6,8-9,12-13,15H,7,10-11,14,21H2,1-3H3/t15-/m0/s1. The average Bonchev–Trinajstić information content (AvgIpc) is 2.56. The van der Waals surface area contributed by atoms with Crippen LogP contribution in [0.4, 0.5) is 0 Å². The third kappa shape index (κ3) is 4.73. The lowest BCUT2D eigenvalue weighted by Crippen LogP contribution is -2.18. The Bertz CT molecular complexity index is 609. The first-order chi connectivity index (χ1) is 11.2. The van der Waals surface area contributed by atoms with E-state index in [1.54, 1.807) is 14.2 Å². The molecule has 0 fully saturated rings. The van der Waals surface area contributed by atoms with Crippen LogP contribution in [0.25, 0.3) is 0 Å². The highest BCUT2D eigenvalue weighted by molar-refractivity contribution is 5.52. The van der Waals surface area contributed by atoms with E-state index < -0.39 is 0 Å². The van der Waals surface area contributed by atoms with Crippen LogP contribution in [-0.4, -0.2) is 20.3 Å². The van der Waals surface area contributed by atoms with Gasteiger partial charge in [0.05, 0.1) is 14.2 Å². The number of methoxy groups -OCH3 is 2. The van der Waals surface area contributed by atoms with Crippen molar-refractivity contribution >= 4 is 0 Å². The fourth-order valence-electron chi connectivity index (χ4n) is 2.92. The number of ether oxygens (including phenoxy) is 2. The summed E-state index contributed by atoms with van der Waals surface area (Å²) in [5.41, 5.74) is 9.58. The molecule has 3 nitrogen and oxygen atoms in total. The minimum absolute atomic E-state index is 0.0949. The third-order valence-corrected chi connectivity index (χ3v) is 3.98. The molecule has 0 saturated heterocycles. The molecule has 0 aromatic heterocycles. The molecule has 124 valence electrons. The summed E-state index contributed by atoms with van der Waals surface area (Å²) in [4.78, 5) is 0. The lowest BCUT2D eigenvalue weighted by molar-refractivity contribution is 0.347. The summed E-state index contributed by atoms with van der Waals surface area (Å²) < 4.78 is 11.2. The van der Waals surface area contributed by atoms with E-state index in [4.69, 9.17) is 15.2 Å². The number of benzene rings is 2. The lowest BCUT2D eigenvalue weighted by Gasteiger charge is -2.17. The van der Waals surface area contributed by atoms with Gasteiger partial charge in [-0.2, -0.15) is 0 Å². The van der Waals surface area contributed by atoms with E-state index in [9.17, 15) is 0 Å². The topological polar surface area (TPSA) is 44.5 Å². The van der Waals surface area contributed by atoms with Gasteiger partial charge in [-0.1, -0.05) is 42.5 Å². The van der Waals surface area contributed by atoms with E-state index in [2.05, 4.69) is 42.5 Å². The van der Waals surface area contributed by atoms with Gasteiger partial charge in [-0.15, -0.1) is 0 Å². The number of hydrogen-bond acceptors (Lipinski definition) is 3. The van der Waals surface area contributed by atoms with Gasteiger partial charge < -0.3 is 15.2 Å². The van der Waals surface area contributed by atoms with E-state index in [-0.39, 0.29) is 6.04 Å². The molecule has 0 unspecified atom stereocenters. The molecule has 23 heavy (non-hydrogen) atoms. The van der Waals surface area contributed by atoms with Crippen LogP contribution in [0.2, 0.25) is 0 Å². The SMILES string of the molecule is COc1c(CCCc2ccccc2)ccc(C[C@H](C)N)c1OC. The first-order valence-electron chi connectivity index (χ1n) is 8.18. The van der Waals surface area contributed by atoms with Crippen molar-refractivity contribution in [3.05, 3.63) is 59.2 Å². The largest absolute Gasteiger partial charge is 0.493 e. The van der Waals surface area contributed by atoms with E-state index in [0.29, 0.717) is 0 Å². The van der Waals surface area contributed by atoms with Crippen LogP contribution in [-0.2, 0) is 19.3 Å². The number of nitrogens with two attached hydrogens (primary N) is 1. The normalized spacial score (nSPS) is 12.0. The van der Waals surface area contributed by atoms with Gasteiger partial charge in [0.25, 0.3) is 0 Å². The zero-order valence-corrected chi connectivity index (χ0v) is 14.3. The Balaban J connectivity index is 2.12. The quantitative estimate of drug-likeness (QED) is 0.807. The predicted molar refractivity (Wildman–Crippen MR) is 95.4 cm³/mol. The number of aryl methyl sites for hydroxylation is 2. The molecule has 0 aliphatic heterocycles. The molecule has 2 rings (SSSR count). The van der Waals surface area contributed by atoms with E-state index in [0.717, 1.165) is 42.7 Å². The highest BCUT2D eigenvalue weighted by Gasteiger charge is 2.15. The summed E-state index contributed by atoms with van der Waals surface area (Å²) in [5.74, 6) is 1.67. The van der Waals surface area contributed by atoms with Gasteiger partial charge in [0, 0.05) is 6.04 Å². The Hall–Kier alpha value is -2.00. The molecule has 0 amide bonds. The third-order valence-electron chi connectivity index (χ3n) is 3.98. The summed E-state index contributed by atoms with van der Waals surface area (Å²) in [5, 5.41) is 0. The maximum Gasteiger partial charge on any atom is 0.164 e. The molecule has 0 aliphatic rings. The van der Waals surface area contributed by atoms with Crippen molar-refractivity contribution < 1.29 is 9.47 Å². The van der Waals surface area contributed by atoms with Gasteiger partial charge in [0.2, 0.25) is 0 Å². The molecule has 2 aromatic carbocycles. The average molecular weight is 313 g/mol. The van der Waals surface area contributed by atoms with Crippen molar-refractivity contribution in [1.29, 1.82) is 0 Å². The molecule has 0 heterocycles. The summed E-state index contributed by atoms with van der Waals surface area (Å²) in [6.07, 6.45) is 3.89. The number of hydrogen-bond donors (Lipinski definition) is 1. The van der Waals surface area contributed by atoms with Gasteiger partial charge >= 0.3 is 0 Å². The van der Waals surface area contributed by atoms with Crippen LogP contribution in [0.1, 0.15) is 30.0 Å². The smallest absolute Gasteiger partial charge is 0.164 e. The summed E-state index contributed by atoms with van der Waals surface area (Å²) in [6.45, 7) is 2.00. The van der Waals surface area contributed by atoms with Gasteiger partial charge in [0.1, 0.15) is 0 Å². The second kappa shape index (κ2) is 8.59. The maximum absolute atomic E-state index is 5.93. The summed E-state index contributed by atoms with van der Waals surface area (Å²) in [7, 11) is 3.39. The van der Waals surface area contributed by atoms with Crippen LogP contribution in [0.5, 0.6) is 11.5 Å². The zero-order valence-electron chi connectivity index (χ0n) is 14.3. The molecular formula is C20H27NO2. The van der Waals surface area contributed by atoms with Gasteiger partial charge in [-0.3, -0.25) is 0 Å². The highest BCUT2D eigenvalue weighted by Crippen LogP contribution is 2.36. The molecule has 0 radical (unpaired) electrons. The summed E-state index contributed by atoms with van der Waals surface area (Å²) in [6, 6.07) is 14.9. The monoisotopic (exact) mass is 313 g/mol. The predicted octanol–water partition coefficient (Wildman–Crippen LogP) is 3.77. The summed E-state index contributed by atoms with van der Waals surface area (Å²) >= 11 is 0. The maximum atomic E-state index is 5.93. The minimum Gasteiger partial charge on any atom is -0.493 e. The Morgan fingerprint density at radius 2 is 1.48 bits per heavy atom. The Morgan fingerprint density at radius 3 is 2.09 bits per heavy atom. The molecular weight excluding hydrogens is 286 g/mol. The molecule has 2 aromatic rings. The van der Waals surface area contributed by atoms with Crippen LogP contribution >= 0.6 is 0 Å². The van der Waals surface area contributed by atoms with Crippen molar-refractivity contribution in [3.8, 4) is 11.5 Å². The lowest BCUT2D eigenvalue weighted by atomic mass is 9.99. The van der Waals surface area contributed by atoms with Gasteiger partial charge in [-0.05, 0) is 49.3 Å². The first-order valence-corrected chi connectivity index (χ1v) is 8.18. The van der Waals surface area contributed by atoms with Crippen molar-refractivity contribution in [1.82, 2.24) is 0 Å². The van der Waals surface area contributed by atoms with Crippen LogP contribution in [0.15, 0.2) is 42.5 Å². The van der Waals surface area contributed by atoms with E-state index in [1.165, 1.54) is 11.1 Å². The molecule has 0 bridgehead atoms. The Morgan fingerprint density at radius 1 is 0.870 bits per heavy atom. The molecule has 0 aliphatic carbocycles. The van der Waals surface area contributed by atoms with E-state index in [1.807, 2.05) is 6.92 Å². The fourth-order valence-corrected chi connectivity index (χ4v) is 2.92. The second-order valence-electron chi connectivity index (χ2n) is 5.97. The molecule has 0 spiro atoms. The van der Waals surface area contributed by atoms with Gasteiger partial charge in [-0.25, -0.2) is 0 Å². The fraction of sp³-hybridized carbons (Fsp3) is 0.400. The van der Waals surface area contributed by atoms with Crippen molar-refractivity contribution in [3.63, 3.8) is 0 Å². The number of rotatable bonds is 8.